The van der Waals surface area contributed by atoms with Crippen molar-refractivity contribution < 1.29 is 107 Å². The van der Waals surface area contributed by atoms with Gasteiger partial charge in [0.2, 0.25) is 0 Å². The molecule has 0 bridgehead atoms. The highest BCUT2D eigenvalue weighted by Crippen LogP contribution is 2.52. The van der Waals surface area contributed by atoms with Crippen LogP contribution in [0.15, 0.2) is 60.7 Å². The third kappa shape index (κ3) is 12.1. The van der Waals surface area contributed by atoms with E-state index < -0.39 is 123 Å². The summed E-state index contributed by atoms with van der Waals surface area (Å²) in [5.41, 5.74) is 0.243. The molecule has 6 unspecified atom stereocenters. The summed E-state index contributed by atoms with van der Waals surface area (Å²) in [5.74, 6) is -1.64. The molecule has 0 spiro atoms. The number of carbonyl (C=O) groups excluding carboxylic acids is 2. The number of rotatable bonds is 27. The predicted molar refractivity (Wildman–Crippen MR) is 224 cm³/mol. The minimum absolute atomic E-state index is 0.122. The quantitative estimate of drug-likeness (QED) is 0.0140. The molecule has 0 aliphatic carbocycles. The molecule has 6 atom stereocenters. The summed E-state index contributed by atoms with van der Waals surface area (Å²) in [7, 11) is -22.1. The molecule has 1 aliphatic rings. The van der Waals surface area contributed by atoms with Crippen LogP contribution in [-0.2, 0) is 72.6 Å². The second-order valence-electron chi connectivity index (χ2n) is 13.3. The zero-order valence-electron chi connectivity index (χ0n) is 33.7. The number of amides is 2. The van der Waals surface area contributed by atoms with Crippen molar-refractivity contribution in [2.24, 2.45) is 0 Å². The SMILES string of the molecule is COP(=O)(O)OCCOP(=O)(O)OCCOP(=O)(OC)OC(COP(=O)(O)OCCOP(=O)(O)OCCO)CN1C(=O)c2ccc3c4cccc5cccc(c6ccc(c2c36)C1=O)c54. The summed E-state index contributed by atoms with van der Waals surface area (Å²) >= 11 is 0. The standard InChI is InChI=1S/C35H42NO23P5/c1-49-60(40,41)52-15-16-54-62(44,45)55-19-20-57-64(48,50-2)59-24(22-58-63(46,47)56-18-17-53-61(42,43)51-14-13-37)21-36-34(38)29-11-9-27-25-7-3-5-23-6-4-8-26(31(23)25)28-10-12-30(35(36)39)33(29)32(27)28/h3-12,24,37H,13-22H2,1-2H3,(H,40,41)(H,42,43)(H,44,45)(H,46,47). The normalized spacial score (nSPS) is 18.6. The molecule has 2 amide bonds. The van der Waals surface area contributed by atoms with Gasteiger partial charge >= 0.3 is 39.1 Å². The van der Waals surface area contributed by atoms with Crippen LogP contribution in [0.25, 0.3) is 43.1 Å². The van der Waals surface area contributed by atoms with Gasteiger partial charge in [0.25, 0.3) is 11.8 Å². The first-order valence-corrected chi connectivity index (χ1v) is 26.1. The molecule has 0 fully saturated rings. The maximum atomic E-state index is 14.3. The van der Waals surface area contributed by atoms with E-state index in [1.807, 2.05) is 36.4 Å². The van der Waals surface area contributed by atoms with Crippen molar-refractivity contribution in [2.45, 2.75) is 6.10 Å². The monoisotopic (exact) mass is 999 g/mol. The number of benzene rings is 5. The molecule has 29 heteroatoms. The fourth-order valence-corrected chi connectivity index (χ4v) is 10.2. The van der Waals surface area contributed by atoms with Gasteiger partial charge < -0.3 is 24.7 Å². The van der Waals surface area contributed by atoms with Crippen molar-refractivity contribution in [3.8, 4) is 0 Å². The molecule has 6 rings (SSSR count). The van der Waals surface area contributed by atoms with Crippen LogP contribution < -0.4 is 0 Å². The molecule has 0 saturated heterocycles. The fraction of sp³-hybridized carbons (Fsp3) is 0.371. The van der Waals surface area contributed by atoms with E-state index in [-0.39, 0.29) is 11.1 Å². The van der Waals surface area contributed by atoms with Crippen LogP contribution >= 0.6 is 39.1 Å². The van der Waals surface area contributed by atoms with Crippen LogP contribution in [0.1, 0.15) is 20.7 Å². The smallest absolute Gasteiger partial charge is 0.394 e. The van der Waals surface area contributed by atoms with Gasteiger partial charge in [0, 0.05) is 30.7 Å². The molecule has 1 aliphatic heterocycles. The van der Waals surface area contributed by atoms with Crippen LogP contribution in [0.5, 0.6) is 0 Å². The Hall–Kier alpha value is -2.95. The van der Waals surface area contributed by atoms with E-state index in [9.17, 15) is 52.0 Å². The molecule has 64 heavy (non-hydrogen) atoms. The Morgan fingerprint density at radius 3 is 1.42 bits per heavy atom. The Kier molecular flexibility index (Phi) is 16.5. The summed E-state index contributed by atoms with van der Waals surface area (Å²) in [6.45, 7) is -7.54. The van der Waals surface area contributed by atoms with Crippen LogP contribution in [0.3, 0.4) is 0 Å². The first kappa shape index (κ1) is 50.5. The van der Waals surface area contributed by atoms with E-state index in [1.54, 1.807) is 24.3 Å². The third-order valence-electron chi connectivity index (χ3n) is 9.26. The number of carbonyl (C=O) groups is 2. The molecule has 0 radical (unpaired) electrons. The summed E-state index contributed by atoms with van der Waals surface area (Å²) in [5, 5.41) is 15.3. The summed E-state index contributed by atoms with van der Waals surface area (Å²) in [6.07, 6.45) is -1.80. The molecule has 350 valence electrons. The van der Waals surface area contributed by atoms with E-state index in [0.29, 0.717) is 10.8 Å². The lowest BCUT2D eigenvalue weighted by atomic mass is 9.85. The maximum Gasteiger partial charge on any atom is 0.475 e. The predicted octanol–water partition coefficient (Wildman–Crippen LogP) is 5.65. The number of aliphatic hydroxyl groups excluding tert-OH is 1. The van der Waals surface area contributed by atoms with Crippen molar-refractivity contribution in [3.63, 3.8) is 0 Å². The van der Waals surface area contributed by atoms with E-state index in [4.69, 9.17) is 32.2 Å². The zero-order chi connectivity index (χ0) is 46.5. The van der Waals surface area contributed by atoms with Crippen molar-refractivity contribution >= 4 is 94.0 Å². The number of nitrogens with zero attached hydrogens (tertiary/aromatic N) is 1. The average Bonchev–Trinajstić information content (AvgIpc) is 3.26. The number of phosphoric ester groups is 5. The molecular weight excluding hydrogens is 957 g/mol. The topological polar surface area (TPSA) is 325 Å². The number of hydrogen-bond acceptors (Lipinski definition) is 19. The van der Waals surface area contributed by atoms with Crippen LogP contribution in [0, 0.1) is 0 Å². The van der Waals surface area contributed by atoms with Crippen molar-refractivity contribution in [3.05, 3.63) is 71.8 Å². The highest BCUT2D eigenvalue weighted by atomic mass is 31.2. The third-order valence-corrected chi connectivity index (χ3v) is 14.7. The molecular formula is C35H42NO23P5. The van der Waals surface area contributed by atoms with Crippen LogP contribution in [0.4, 0.5) is 0 Å². The molecule has 5 aromatic rings. The summed E-state index contributed by atoms with van der Waals surface area (Å²) < 4.78 is 115. The second kappa shape index (κ2) is 20.9. The largest absolute Gasteiger partial charge is 0.475 e. The van der Waals surface area contributed by atoms with Gasteiger partial charge in [0.15, 0.2) is 0 Å². The van der Waals surface area contributed by atoms with Crippen LogP contribution in [-0.4, -0.2) is 128 Å². The van der Waals surface area contributed by atoms with Gasteiger partial charge in [-0.2, -0.15) is 0 Å². The molecule has 24 nitrogen and oxygen atoms in total. The first-order valence-electron chi connectivity index (χ1n) is 18.7. The Bertz CT molecular complexity index is 2650. The van der Waals surface area contributed by atoms with Gasteiger partial charge in [-0.25, -0.2) is 22.8 Å². The van der Waals surface area contributed by atoms with E-state index >= 15 is 0 Å². The lowest BCUT2D eigenvalue weighted by molar-refractivity contribution is 0.0209. The fourth-order valence-electron chi connectivity index (χ4n) is 6.68. The minimum Gasteiger partial charge on any atom is -0.394 e. The van der Waals surface area contributed by atoms with E-state index in [0.717, 1.165) is 51.4 Å². The van der Waals surface area contributed by atoms with Crippen molar-refractivity contribution in [1.82, 2.24) is 4.90 Å². The van der Waals surface area contributed by atoms with Gasteiger partial charge in [-0.1, -0.05) is 48.5 Å². The summed E-state index contributed by atoms with van der Waals surface area (Å²) in [6, 6.07) is 18.4. The number of fused-ring (bicyclic) bond motifs is 2. The van der Waals surface area contributed by atoms with Gasteiger partial charge in [-0.05, 0) is 49.8 Å². The summed E-state index contributed by atoms with van der Waals surface area (Å²) in [4.78, 5) is 68.5. The Balaban J connectivity index is 1.20. The van der Waals surface area contributed by atoms with Crippen LogP contribution in [0.2, 0.25) is 0 Å². The molecule has 0 aromatic heterocycles. The van der Waals surface area contributed by atoms with Gasteiger partial charge in [0.1, 0.15) is 6.10 Å². The number of imide groups is 1. The lowest BCUT2D eigenvalue weighted by Gasteiger charge is -2.32. The first-order chi connectivity index (χ1) is 30.2. The Labute approximate surface area is 363 Å². The molecule has 5 N–H and O–H groups in total. The number of hydrogen-bond donors (Lipinski definition) is 5. The van der Waals surface area contributed by atoms with Gasteiger partial charge in [0.05, 0.1) is 66.0 Å². The Morgan fingerprint density at radius 1 is 0.516 bits per heavy atom. The number of aliphatic hydroxyl groups is 1. The Morgan fingerprint density at radius 2 is 0.953 bits per heavy atom. The zero-order valence-corrected chi connectivity index (χ0v) is 38.2. The average molecular weight is 1000 g/mol. The lowest BCUT2D eigenvalue weighted by Crippen LogP contribution is -2.46. The van der Waals surface area contributed by atoms with E-state index in [1.165, 1.54) is 0 Å². The highest BCUT2D eigenvalue weighted by molar-refractivity contribution is 7.49. The molecule has 0 saturated carbocycles. The van der Waals surface area contributed by atoms with Crippen molar-refractivity contribution in [2.75, 3.05) is 80.2 Å². The molecule has 1 heterocycles. The van der Waals surface area contributed by atoms with Crippen molar-refractivity contribution in [1.29, 1.82) is 0 Å². The number of phosphoric acid groups is 5. The highest BCUT2D eigenvalue weighted by Gasteiger charge is 2.40. The minimum atomic E-state index is -5.13. The van der Waals surface area contributed by atoms with E-state index in [2.05, 4.69) is 22.6 Å². The molecule has 5 aromatic carbocycles. The van der Waals surface area contributed by atoms with Gasteiger partial charge in [-0.3, -0.25) is 64.3 Å². The maximum absolute atomic E-state index is 14.3. The second-order valence-corrected chi connectivity index (χ2v) is 20.9. The van der Waals surface area contributed by atoms with Gasteiger partial charge in [-0.15, -0.1) is 0 Å².